The minimum Gasteiger partial charge on any atom is -0.479 e. The zero-order valence-corrected chi connectivity index (χ0v) is 10.5. The van der Waals surface area contributed by atoms with Gasteiger partial charge in [0.25, 0.3) is 0 Å². The van der Waals surface area contributed by atoms with Crippen LogP contribution in [0.15, 0.2) is 24.3 Å². The van der Waals surface area contributed by atoms with Crippen LogP contribution in [0.5, 0.6) is 5.75 Å². The smallest absolute Gasteiger partial charge is 0.347 e. The summed E-state index contributed by atoms with van der Waals surface area (Å²) in [6.07, 6.45) is -0.125. The van der Waals surface area contributed by atoms with Gasteiger partial charge in [0.15, 0.2) is 6.10 Å². The number of esters is 1. The Morgan fingerprint density at radius 3 is 2.28 bits per heavy atom. The monoisotopic (exact) mass is 251 g/mol. The van der Waals surface area contributed by atoms with Crippen LogP contribution in [0.2, 0.25) is 0 Å². The molecule has 2 N–H and O–H groups in total. The topological polar surface area (TPSA) is 78.6 Å². The molecule has 0 aliphatic heterocycles. The third kappa shape index (κ3) is 3.76. The van der Waals surface area contributed by atoms with E-state index in [-0.39, 0.29) is 5.97 Å². The third-order valence-electron chi connectivity index (χ3n) is 2.34. The Hall–Kier alpha value is -2.04. The predicted molar refractivity (Wildman–Crippen MR) is 66.3 cm³/mol. The van der Waals surface area contributed by atoms with Gasteiger partial charge in [-0.3, -0.25) is 4.79 Å². The number of carbonyl (C=O) groups is 2. The van der Waals surface area contributed by atoms with Crippen molar-refractivity contribution >= 4 is 11.9 Å². The minimum absolute atomic E-state index is 0.319. The van der Waals surface area contributed by atoms with Crippen LogP contribution >= 0.6 is 0 Å². The Bertz CT molecular complexity index is 414. The number of carbonyl (C=O) groups excluding carboxylic acids is 2. The van der Waals surface area contributed by atoms with Crippen molar-refractivity contribution in [3.63, 3.8) is 0 Å². The fraction of sp³-hybridized carbons (Fsp3) is 0.385. The quantitative estimate of drug-likeness (QED) is 0.777. The van der Waals surface area contributed by atoms with Crippen LogP contribution in [0.1, 0.15) is 30.6 Å². The highest BCUT2D eigenvalue weighted by molar-refractivity contribution is 5.92. The Morgan fingerprint density at radius 2 is 1.83 bits per heavy atom. The van der Waals surface area contributed by atoms with Crippen LogP contribution in [-0.2, 0) is 9.53 Å². The van der Waals surface area contributed by atoms with Crippen LogP contribution in [-0.4, -0.2) is 24.6 Å². The number of nitrogens with two attached hydrogens (primary N) is 1. The molecule has 5 nitrogen and oxygen atoms in total. The van der Waals surface area contributed by atoms with Crippen LogP contribution < -0.4 is 10.5 Å². The van der Waals surface area contributed by atoms with Crippen molar-refractivity contribution in [1.29, 1.82) is 0 Å². The lowest BCUT2D eigenvalue weighted by atomic mass is 10.2. The summed E-state index contributed by atoms with van der Waals surface area (Å²) in [4.78, 5) is 22.4. The Morgan fingerprint density at radius 1 is 1.22 bits per heavy atom. The molecule has 1 aromatic rings. The van der Waals surface area contributed by atoms with Gasteiger partial charge >= 0.3 is 5.97 Å². The first kappa shape index (κ1) is 14.0. The highest BCUT2D eigenvalue weighted by atomic mass is 16.6. The predicted octanol–water partition coefficient (Wildman–Crippen LogP) is 1.51. The summed E-state index contributed by atoms with van der Waals surface area (Å²) in [5.74, 6) is -0.391. The van der Waals surface area contributed by atoms with Gasteiger partial charge in [-0.2, -0.15) is 0 Å². The zero-order chi connectivity index (χ0) is 13.5. The number of hydrogen-bond acceptors (Lipinski definition) is 4. The molecule has 18 heavy (non-hydrogen) atoms. The van der Waals surface area contributed by atoms with E-state index in [0.717, 1.165) is 0 Å². The maximum Gasteiger partial charge on any atom is 0.347 e. The summed E-state index contributed by atoms with van der Waals surface area (Å²) in [6, 6.07) is 6.30. The first-order chi connectivity index (χ1) is 8.58. The molecule has 98 valence electrons. The summed E-state index contributed by atoms with van der Waals surface area (Å²) in [6.45, 7) is 3.89. The number of rotatable bonds is 6. The summed E-state index contributed by atoms with van der Waals surface area (Å²) in [5, 5.41) is 0. The van der Waals surface area contributed by atoms with E-state index in [2.05, 4.69) is 0 Å². The number of primary amides is 1. The Kier molecular flexibility index (Phi) is 5.17. The van der Waals surface area contributed by atoms with E-state index in [1.807, 2.05) is 6.92 Å². The SMILES string of the molecule is CCOC(=O)C(CC)Oc1ccc(C(N)=O)cc1. The van der Waals surface area contributed by atoms with Gasteiger partial charge in [-0.15, -0.1) is 0 Å². The Balaban J connectivity index is 2.70. The number of benzene rings is 1. The van der Waals surface area contributed by atoms with Crippen LogP contribution in [0, 0.1) is 0 Å². The fourth-order valence-corrected chi connectivity index (χ4v) is 1.40. The molecule has 1 amide bonds. The van der Waals surface area contributed by atoms with Gasteiger partial charge in [-0.05, 0) is 37.6 Å². The molecular weight excluding hydrogens is 234 g/mol. The molecule has 1 rings (SSSR count). The summed E-state index contributed by atoms with van der Waals surface area (Å²) in [7, 11) is 0. The average Bonchev–Trinajstić information content (AvgIpc) is 2.36. The fourth-order valence-electron chi connectivity index (χ4n) is 1.40. The van der Waals surface area contributed by atoms with Crippen molar-refractivity contribution in [2.24, 2.45) is 5.73 Å². The molecule has 1 atom stereocenters. The standard InChI is InChI=1S/C13H17NO4/c1-3-11(13(16)17-4-2)18-10-7-5-9(6-8-10)12(14)15/h5-8,11H,3-4H2,1-2H3,(H2,14,15). The second kappa shape index (κ2) is 6.64. The summed E-state index contributed by atoms with van der Waals surface area (Å²) >= 11 is 0. The van der Waals surface area contributed by atoms with Crippen molar-refractivity contribution in [2.45, 2.75) is 26.4 Å². The second-order valence-corrected chi connectivity index (χ2v) is 3.66. The van der Waals surface area contributed by atoms with Gasteiger partial charge < -0.3 is 15.2 Å². The van der Waals surface area contributed by atoms with Crippen molar-refractivity contribution in [3.8, 4) is 5.75 Å². The lowest BCUT2D eigenvalue weighted by molar-refractivity contribution is -0.151. The minimum atomic E-state index is -0.635. The maximum absolute atomic E-state index is 11.5. The molecule has 0 aliphatic rings. The van der Waals surface area contributed by atoms with E-state index in [9.17, 15) is 9.59 Å². The molecular formula is C13H17NO4. The van der Waals surface area contributed by atoms with E-state index in [0.29, 0.717) is 24.3 Å². The molecule has 0 fully saturated rings. The van der Waals surface area contributed by atoms with E-state index >= 15 is 0 Å². The number of amides is 1. The van der Waals surface area contributed by atoms with Gasteiger partial charge in [-0.25, -0.2) is 4.79 Å². The van der Waals surface area contributed by atoms with Crippen molar-refractivity contribution in [1.82, 2.24) is 0 Å². The molecule has 0 aliphatic carbocycles. The first-order valence-corrected chi connectivity index (χ1v) is 5.81. The van der Waals surface area contributed by atoms with Gasteiger partial charge in [-0.1, -0.05) is 6.92 Å². The molecule has 5 heteroatoms. The summed E-state index contributed by atoms with van der Waals surface area (Å²) < 4.78 is 10.4. The number of hydrogen-bond donors (Lipinski definition) is 1. The summed E-state index contributed by atoms with van der Waals surface area (Å²) in [5.41, 5.74) is 5.52. The lowest BCUT2D eigenvalue weighted by Gasteiger charge is -2.15. The van der Waals surface area contributed by atoms with Crippen LogP contribution in [0.25, 0.3) is 0 Å². The van der Waals surface area contributed by atoms with Crippen molar-refractivity contribution < 1.29 is 19.1 Å². The molecule has 0 heterocycles. The van der Waals surface area contributed by atoms with E-state index in [1.165, 1.54) is 0 Å². The van der Waals surface area contributed by atoms with Gasteiger partial charge in [0.1, 0.15) is 5.75 Å². The Labute approximate surface area is 106 Å². The molecule has 1 aromatic carbocycles. The second-order valence-electron chi connectivity index (χ2n) is 3.66. The van der Waals surface area contributed by atoms with Crippen molar-refractivity contribution in [2.75, 3.05) is 6.61 Å². The molecule has 0 bridgehead atoms. The molecule has 0 saturated heterocycles. The normalized spacial score (nSPS) is 11.7. The zero-order valence-electron chi connectivity index (χ0n) is 10.5. The lowest BCUT2D eigenvalue weighted by Crippen LogP contribution is -2.28. The van der Waals surface area contributed by atoms with E-state index in [1.54, 1.807) is 31.2 Å². The molecule has 0 saturated carbocycles. The molecule has 0 radical (unpaired) electrons. The largest absolute Gasteiger partial charge is 0.479 e. The molecule has 1 unspecified atom stereocenters. The highest BCUT2D eigenvalue weighted by Crippen LogP contribution is 2.15. The number of ether oxygens (including phenoxy) is 2. The van der Waals surface area contributed by atoms with E-state index in [4.69, 9.17) is 15.2 Å². The first-order valence-electron chi connectivity index (χ1n) is 5.81. The van der Waals surface area contributed by atoms with Crippen LogP contribution in [0.3, 0.4) is 0 Å². The maximum atomic E-state index is 11.5. The van der Waals surface area contributed by atoms with Crippen LogP contribution in [0.4, 0.5) is 0 Å². The van der Waals surface area contributed by atoms with Crippen molar-refractivity contribution in [3.05, 3.63) is 29.8 Å². The average molecular weight is 251 g/mol. The van der Waals surface area contributed by atoms with E-state index < -0.39 is 12.0 Å². The van der Waals surface area contributed by atoms with Gasteiger partial charge in [0, 0.05) is 5.56 Å². The third-order valence-corrected chi connectivity index (χ3v) is 2.34. The highest BCUT2D eigenvalue weighted by Gasteiger charge is 2.19. The van der Waals surface area contributed by atoms with Gasteiger partial charge in [0.2, 0.25) is 5.91 Å². The molecule has 0 spiro atoms. The molecule has 0 aromatic heterocycles. The van der Waals surface area contributed by atoms with Gasteiger partial charge in [0.05, 0.1) is 6.61 Å².